The molecule has 1 aliphatic heterocycles. The molecule has 1 aromatic rings. The van der Waals surface area contributed by atoms with Crippen LogP contribution >= 0.6 is 11.3 Å². The summed E-state index contributed by atoms with van der Waals surface area (Å²) in [7, 11) is 0. The highest BCUT2D eigenvalue weighted by Crippen LogP contribution is 2.35. The summed E-state index contributed by atoms with van der Waals surface area (Å²) in [4.78, 5) is 42.5. The topological polar surface area (TPSA) is 77.9 Å². The Morgan fingerprint density at radius 1 is 1.16 bits per heavy atom. The van der Waals surface area contributed by atoms with Crippen molar-refractivity contribution in [1.82, 2.24) is 4.90 Å². The maximum atomic E-state index is 13.6. The molecule has 1 saturated heterocycles. The average Bonchev–Trinajstić information content (AvgIpc) is 3.40. The maximum absolute atomic E-state index is 13.6. The summed E-state index contributed by atoms with van der Waals surface area (Å²) in [6.45, 7) is 9.42. The van der Waals surface area contributed by atoms with Crippen molar-refractivity contribution in [1.29, 1.82) is 0 Å². The Bertz CT molecular complexity index is 920. The molecule has 174 valence electrons. The van der Waals surface area contributed by atoms with Crippen LogP contribution in [0.15, 0.2) is 6.07 Å². The van der Waals surface area contributed by atoms with Gasteiger partial charge in [0.2, 0.25) is 11.8 Å². The number of thiophene rings is 1. The Morgan fingerprint density at radius 2 is 1.78 bits per heavy atom. The van der Waals surface area contributed by atoms with E-state index in [0.29, 0.717) is 29.6 Å². The van der Waals surface area contributed by atoms with Gasteiger partial charge in [0.1, 0.15) is 11.4 Å². The minimum absolute atomic E-state index is 0.0648. The number of likely N-dealkylation sites (tertiary alicyclic amines) is 1. The van der Waals surface area contributed by atoms with Crippen molar-refractivity contribution in [3.8, 4) is 11.8 Å². The number of nitrogens with zero attached hydrogens (tertiary/aromatic N) is 2. The summed E-state index contributed by atoms with van der Waals surface area (Å²) in [6.07, 6.45) is 5.43. The zero-order valence-electron chi connectivity index (χ0n) is 19.6. The normalized spacial score (nSPS) is 21.1. The summed E-state index contributed by atoms with van der Waals surface area (Å²) in [6, 6.07) is 1.67. The molecule has 0 spiro atoms. The van der Waals surface area contributed by atoms with Crippen LogP contribution in [-0.4, -0.2) is 47.4 Å². The smallest absolute Gasteiger partial charge is 0.348 e. The molecule has 0 aromatic carbocycles. The van der Waals surface area contributed by atoms with Crippen LogP contribution in [0.1, 0.15) is 80.8 Å². The fourth-order valence-corrected chi connectivity index (χ4v) is 5.11. The Hall–Kier alpha value is -2.33. The fourth-order valence-electron chi connectivity index (χ4n) is 4.26. The SMILES string of the molecule is CC(C)(C)C#Cc1cc(N(CC(=O)N2CCCC2)C(=O)[C@H]2CC[C@H](C)CC2)c(C(=O)O)s1. The second-order valence-electron chi connectivity index (χ2n) is 10.1. The van der Waals surface area contributed by atoms with E-state index in [9.17, 15) is 19.5 Å². The molecule has 2 aliphatic rings. The molecule has 32 heavy (non-hydrogen) atoms. The van der Waals surface area contributed by atoms with Crippen molar-refractivity contribution in [2.24, 2.45) is 17.3 Å². The molecule has 2 fully saturated rings. The largest absolute Gasteiger partial charge is 0.477 e. The van der Waals surface area contributed by atoms with Crippen molar-refractivity contribution >= 4 is 34.8 Å². The number of carboxylic acid groups (broad SMARTS) is 1. The fraction of sp³-hybridized carbons (Fsp3) is 0.640. The Kier molecular flexibility index (Phi) is 7.66. The summed E-state index contributed by atoms with van der Waals surface area (Å²) in [5.41, 5.74) is 0.0741. The summed E-state index contributed by atoms with van der Waals surface area (Å²) >= 11 is 1.07. The van der Waals surface area contributed by atoms with E-state index in [2.05, 4.69) is 18.8 Å². The van der Waals surface area contributed by atoms with Gasteiger partial charge in [0, 0.05) is 24.4 Å². The standard InChI is InChI=1S/C25H34N2O4S/c1-17-7-9-18(10-8-17)23(29)27(16-21(28)26-13-5-6-14-26)20-15-19(11-12-25(2,3)4)32-22(20)24(30)31/h15,17-18H,5-10,13-14,16H2,1-4H3,(H,30,31)/t17-,18-. The molecule has 2 amide bonds. The third-order valence-electron chi connectivity index (χ3n) is 6.14. The molecule has 2 heterocycles. The molecule has 1 N–H and O–H groups in total. The van der Waals surface area contributed by atoms with Gasteiger partial charge in [-0.25, -0.2) is 4.79 Å². The molecular weight excluding hydrogens is 424 g/mol. The molecule has 3 rings (SSSR count). The zero-order chi connectivity index (χ0) is 23.5. The molecule has 0 unspecified atom stereocenters. The summed E-state index contributed by atoms with van der Waals surface area (Å²) in [5.74, 6) is 5.24. The number of rotatable bonds is 5. The second kappa shape index (κ2) is 10.1. The predicted molar refractivity (Wildman–Crippen MR) is 127 cm³/mol. The van der Waals surface area contributed by atoms with Gasteiger partial charge < -0.3 is 14.9 Å². The Labute approximate surface area is 195 Å². The summed E-state index contributed by atoms with van der Waals surface area (Å²) in [5, 5.41) is 9.86. The van der Waals surface area contributed by atoms with Crippen LogP contribution in [0.25, 0.3) is 0 Å². The summed E-state index contributed by atoms with van der Waals surface area (Å²) < 4.78 is 0. The Balaban J connectivity index is 1.96. The zero-order valence-corrected chi connectivity index (χ0v) is 20.4. The van der Waals surface area contributed by atoms with Gasteiger partial charge >= 0.3 is 5.97 Å². The lowest BCUT2D eigenvalue weighted by molar-refractivity contribution is -0.131. The van der Waals surface area contributed by atoms with Gasteiger partial charge in [-0.15, -0.1) is 11.3 Å². The third-order valence-corrected chi connectivity index (χ3v) is 7.17. The van der Waals surface area contributed by atoms with Gasteiger partial charge in [0.25, 0.3) is 0 Å². The van der Waals surface area contributed by atoms with Gasteiger partial charge in [-0.05, 0) is 71.3 Å². The minimum Gasteiger partial charge on any atom is -0.477 e. The molecule has 7 heteroatoms. The van der Waals surface area contributed by atoms with Gasteiger partial charge in [-0.2, -0.15) is 0 Å². The number of aromatic carboxylic acids is 1. The highest BCUT2D eigenvalue weighted by Gasteiger charge is 2.34. The lowest BCUT2D eigenvalue weighted by atomic mass is 9.82. The second-order valence-corrected chi connectivity index (χ2v) is 11.2. The molecule has 6 nitrogen and oxygen atoms in total. The van der Waals surface area contributed by atoms with E-state index >= 15 is 0 Å². The van der Waals surface area contributed by atoms with E-state index in [-0.39, 0.29) is 34.6 Å². The molecule has 1 aliphatic carbocycles. The van der Waals surface area contributed by atoms with E-state index in [1.807, 2.05) is 20.8 Å². The van der Waals surface area contributed by atoms with Gasteiger partial charge in [0.15, 0.2) is 0 Å². The molecule has 1 saturated carbocycles. The van der Waals surface area contributed by atoms with Crippen molar-refractivity contribution < 1.29 is 19.5 Å². The van der Waals surface area contributed by atoms with Crippen LogP contribution in [0.5, 0.6) is 0 Å². The highest BCUT2D eigenvalue weighted by molar-refractivity contribution is 7.15. The van der Waals surface area contributed by atoms with E-state index in [1.165, 1.54) is 4.90 Å². The van der Waals surface area contributed by atoms with Crippen molar-refractivity contribution in [2.45, 2.75) is 66.2 Å². The first kappa shape index (κ1) is 24.3. The maximum Gasteiger partial charge on any atom is 0.348 e. The number of carbonyl (C=O) groups excluding carboxylic acids is 2. The average molecular weight is 459 g/mol. The van der Waals surface area contributed by atoms with Gasteiger partial charge in [-0.3, -0.25) is 9.59 Å². The van der Waals surface area contributed by atoms with Crippen molar-refractivity contribution in [3.05, 3.63) is 15.8 Å². The number of carboxylic acids is 1. The van der Waals surface area contributed by atoms with Gasteiger partial charge in [0.05, 0.1) is 10.6 Å². The number of hydrogen-bond acceptors (Lipinski definition) is 4. The Morgan fingerprint density at radius 3 is 2.34 bits per heavy atom. The first-order chi connectivity index (χ1) is 15.0. The molecule has 0 radical (unpaired) electrons. The van der Waals surface area contributed by atoms with E-state index in [0.717, 1.165) is 49.9 Å². The van der Waals surface area contributed by atoms with E-state index in [4.69, 9.17) is 0 Å². The van der Waals surface area contributed by atoms with Crippen LogP contribution in [0.3, 0.4) is 0 Å². The molecule has 0 bridgehead atoms. The minimum atomic E-state index is -1.10. The van der Waals surface area contributed by atoms with E-state index in [1.54, 1.807) is 11.0 Å². The van der Waals surface area contributed by atoms with Gasteiger partial charge in [-0.1, -0.05) is 18.8 Å². The van der Waals surface area contributed by atoms with Crippen LogP contribution in [0.4, 0.5) is 5.69 Å². The van der Waals surface area contributed by atoms with Crippen LogP contribution < -0.4 is 4.90 Å². The van der Waals surface area contributed by atoms with Crippen molar-refractivity contribution in [2.75, 3.05) is 24.5 Å². The highest BCUT2D eigenvalue weighted by atomic mass is 32.1. The molecule has 1 aromatic heterocycles. The van der Waals surface area contributed by atoms with Crippen molar-refractivity contribution in [3.63, 3.8) is 0 Å². The quantitative estimate of drug-likeness (QED) is 0.653. The van der Waals surface area contributed by atoms with Crippen LogP contribution in [-0.2, 0) is 9.59 Å². The molecule has 0 atom stereocenters. The number of carbonyl (C=O) groups is 3. The lowest BCUT2D eigenvalue weighted by Gasteiger charge is -2.31. The predicted octanol–water partition coefficient (Wildman–Crippen LogP) is 4.63. The first-order valence-electron chi connectivity index (χ1n) is 11.5. The lowest BCUT2D eigenvalue weighted by Crippen LogP contribution is -2.45. The van der Waals surface area contributed by atoms with E-state index < -0.39 is 5.97 Å². The number of amides is 2. The number of anilines is 1. The number of hydrogen-bond donors (Lipinski definition) is 1. The molecular formula is C25H34N2O4S. The monoisotopic (exact) mass is 458 g/mol. The van der Waals surface area contributed by atoms with Crippen LogP contribution in [0.2, 0.25) is 0 Å². The van der Waals surface area contributed by atoms with Crippen LogP contribution in [0, 0.1) is 29.1 Å². The first-order valence-corrected chi connectivity index (χ1v) is 12.4. The third kappa shape index (κ3) is 6.13.